The fourth-order valence-electron chi connectivity index (χ4n) is 1.97. The topological polar surface area (TPSA) is 78.6 Å². The molecule has 2 N–H and O–H groups in total. The lowest BCUT2D eigenvalue weighted by Gasteiger charge is -2.08. The molecule has 21 heavy (non-hydrogen) atoms. The van der Waals surface area contributed by atoms with Gasteiger partial charge in [-0.05, 0) is 29.8 Å². The number of rotatable bonds is 3. The van der Waals surface area contributed by atoms with Crippen molar-refractivity contribution in [3.05, 3.63) is 53.6 Å². The molecule has 0 aliphatic rings. The van der Waals surface area contributed by atoms with Gasteiger partial charge in [0.25, 0.3) is 0 Å². The summed E-state index contributed by atoms with van der Waals surface area (Å²) in [7, 11) is 2.65. The first-order valence-electron chi connectivity index (χ1n) is 6.23. The Bertz CT molecular complexity index is 677. The summed E-state index contributed by atoms with van der Waals surface area (Å²) in [6.07, 6.45) is 0. The molecule has 0 saturated heterocycles. The normalized spacial score (nSPS) is 10.0. The van der Waals surface area contributed by atoms with Gasteiger partial charge in [-0.15, -0.1) is 0 Å². The van der Waals surface area contributed by atoms with Crippen LogP contribution >= 0.6 is 0 Å². The molecule has 0 saturated carbocycles. The Morgan fingerprint density at radius 1 is 0.857 bits per heavy atom. The average molecular weight is 285 g/mol. The molecule has 0 amide bonds. The Kier molecular flexibility index (Phi) is 4.23. The molecule has 0 bridgehead atoms. The highest BCUT2D eigenvalue weighted by Crippen LogP contribution is 2.27. The summed E-state index contributed by atoms with van der Waals surface area (Å²) in [5.41, 5.74) is 8.91. The molecule has 108 valence electrons. The van der Waals surface area contributed by atoms with Crippen LogP contribution in [0.3, 0.4) is 0 Å². The number of nitrogens with two attached hydrogens (primary N) is 1. The smallest absolute Gasteiger partial charge is 0.337 e. The van der Waals surface area contributed by atoms with Crippen molar-refractivity contribution >= 4 is 17.6 Å². The van der Waals surface area contributed by atoms with E-state index in [0.717, 1.165) is 11.1 Å². The van der Waals surface area contributed by atoms with E-state index >= 15 is 0 Å². The van der Waals surface area contributed by atoms with Crippen LogP contribution < -0.4 is 5.73 Å². The van der Waals surface area contributed by atoms with Crippen molar-refractivity contribution in [3.8, 4) is 11.1 Å². The van der Waals surface area contributed by atoms with Crippen molar-refractivity contribution in [2.24, 2.45) is 0 Å². The van der Waals surface area contributed by atoms with Gasteiger partial charge in [0.15, 0.2) is 0 Å². The quantitative estimate of drug-likeness (QED) is 0.692. The Morgan fingerprint density at radius 3 is 1.90 bits per heavy atom. The largest absolute Gasteiger partial charge is 0.465 e. The second-order valence-electron chi connectivity index (χ2n) is 4.36. The maximum absolute atomic E-state index is 11.4. The SMILES string of the molecule is COC(=O)c1ccc(-c2ccc(C(=O)OC)cc2N)cc1. The van der Waals surface area contributed by atoms with Gasteiger partial charge in [0.05, 0.1) is 25.3 Å². The lowest BCUT2D eigenvalue weighted by molar-refractivity contribution is 0.0592. The number of anilines is 1. The lowest BCUT2D eigenvalue weighted by Crippen LogP contribution is -2.03. The Morgan fingerprint density at radius 2 is 1.38 bits per heavy atom. The number of hydrogen-bond acceptors (Lipinski definition) is 5. The molecular formula is C16H15NO4. The van der Waals surface area contributed by atoms with Crippen LogP contribution in [0.15, 0.2) is 42.5 Å². The molecule has 0 fully saturated rings. The van der Waals surface area contributed by atoms with Gasteiger partial charge >= 0.3 is 11.9 Å². The van der Waals surface area contributed by atoms with Crippen LogP contribution in [0, 0.1) is 0 Å². The van der Waals surface area contributed by atoms with Gasteiger partial charge < -0.3 is 15.2 Å². The predicted molar refractivity (Wildman–Crippen MR) is 79.0 cm³/mol. The van der Waals surface area contributed by atoms with Crippen LogP contribution in [-0.2, 0) is 9.47 Å². The van der Waals surface area contributed by atoms with E-state index in [1.165, 1.54) is 14.2 Å². The number of ether oxygens (including phenoxy) is 2. The van der Waals surface area contributed by atoms with E-state index in [1.54, 1.807) is 42.5 Å². The number of carbonyl (C=O) groups excluding carboxylic acids is 2. The maximum atomic E-state index is 11.4. The number of hydrogen-bond donors (Lipinski definition) is 1. The van der Waals surface area contributed by atoms with Crippen molar-refractivity contribution in [1.82, 2.24) is 0 Å². The molecule has 0 aromatic heterocycles. The van der Waals surface area contributed by atoms with Crippen LogP contribution in [-0.4, -0.2) is 26.2 Å². The van der Waals surface area contributed by atoms with Crippen molar-refractivity contribution in [2.75, 3.05) is 20.0 Å². The number of methoxy groups -OCH3 is 2. The van der Waals surface area contributed by atoms with Gasteiger partial charge in [0.1, 0.15) is 0 Å². The molecule has 0 unspecified atom stereocenters. The number of carbonyl (C=O) groups is 2. The molecule has 0 atom stereocenters. The van der Waals surface area contributed by atoms with E-state index in [0.29, 0.717) is 16.8 Å². The molecule has 0 radical (unpaired) electrons. The number of benzene rings is 2. The standard InChI is InChI=1S/C16H15NO4/c1-20-15(18)11-5-3-10(4-6-11)13-8-7-12(9-14(13)17)16(19)21-2/h3-9H,17H2,1-2H3. The summed E-state index contributed by atoms with van der Waals surface area (Å²) in [5, 5.41) is 0. The Hall–Kier alpha value is -2.82. The molecule has 0 aliphatic carbocycles. The monoisotopic (exact) mass is 285 g/mol. The summed E-state index contributed by atoms with van der Waals surface area (Å²) >= 11 is 0. The van der Waals surface area contributed by atoms with E-state index in [-0.39, 0.29) is 0 Å². The Labute approximate surface area is 122 Å². The van der Waals surface area contributed by atoms with Gasteiger partial charge in [-0.1, -0.05) is 18.2 Å². The predicted octanol–water partition coefficient (Wildman–Crippen LogP) is 2.51. The summed E-state index contributed by atoms with van der Waals surface area (Å²) in [6.45, 7) is 0. The minimum Gasteiger partial charge on any atom is -0.465 e. The Balaban J connectivity index is 2.34. The lowest BCUT2D eigenvalue weighted by atomic mass is 10.0. The van der Waals surface area contributed by atoms with E-state index in [2.05, 4.69) is 9.47 Å². The minimum atomic E-state index is -0.436. The molecule has 2 aromatic rings. The third-order valence-electron chi connectivity index (χ3n) is 3.09. The first-order valence-corrected chi connectivity index (χ1v) is 6.23. The maximum Gasteiger partial charge on any atom is 0.337 e. The molecule has 0 spiro atoms. The van der Waals surface area contributed by atoms with Crippen LogP contribution in [0.5, 0.6) is 0 Å². The fourth-order valence-corrected chi connectivity index (χ4v) is 1.97. The highest BCUT2D eigenvalue weighted by molar-refractivity contribution is 5.93. The van der Waals surface area contributed by atoms with Crippen molar-refractivity contribution < 1.29 is 19.1 Å². The zero-order valence-electron chi connectivity index (χ0n) is 11.8. The molecule has 5 nitrogen and oxygen atoms in total. The van der Waals surface area contributed by atoms with E-state index in [1.807, 2.05) is 0 Å². The molecular weight excluding hydrogens is 270 g/mol. The molecule has 0 aliphatic heterocycles. The zero-order chi connectivity index (χ0) is 15.4. The molecule has 0 heterocycles. The second kappa shape index (κ2) is 6.09. The molecule has 5 heteroatoms. The zero-order valence-corrected chi connectivity index (χ0v) is 11.8. The second-order valence-corrected chi connectivity index (χ2v) is 4.36. The summed E-state index contributed by atoms with van der Waals surface area (Å²) in [5.74, 6) is -0.829. The average Bonchev–Trinajstić information content (AvgIpc) is 2.53. The number of nitrogen functional groups attached to an aromatic ring is 1. The van der Waals surface area contributed by atoms with E-state index in [9.17, 15) is 9.59 Å². The summed E-state index contributed by atoms with van der Waals surface area (Å²) in [4.78, 5) is 22.8. The first kappa shape index (κ1) is 14.6. The van der Waals surface area contributed by atoms with Crippen LogP contribution in [0.25, 0.3) is 11.1 Å². The highest BCUT2D eigenvalue weighted by Gasteiger charge is 2.10. The van der Waals surface area contributed by atoms with Gasteiger partial charge in [-0.2, -0.15) is 0 Å². The number of esters is 2. The third kappa shape index (κ3) is 3.02. The van der Waals surface area contributed by atoms with Crippen LogP contribution in [0.1, 0.15) is 20.7 Å². The van der Waals surface area contributed by atoms with Gasteiger partial charge in [0.2, 0.25) is 0 Å². The van der Waals surface area contributed by atoms with Crippen LogP contribution in [0.4, 0.5) is 5.69 Å². The molecule has 2 rings (SSSR count). The van der Waals surface area contributed by atoms with Crippen LogP contribution in [0.2, 0.25) is 0 Å². The van der Waals surface area contributed by atoms with Gasteiger partial charge in [0, 0.05) is 11.3 Å². The minimum absolute atomic E-state index is 0.393. The van der Waals surface area contributed by atoms with Crippen molar-refractivity contribution in [2.45, 2.75) is 0 Å². The van der Waals surface area contributed by atoms with Crippen molar-refractivity contribution in [3.63, 3.8) is 0 Å². The van der Waals surface area contributed by atoms with Crippen molar-refractivity contribution in [1.29, 1.82) is 0 Å². The van der Waals surface area contributed by atoms with E-state index < -0.39 is 11.9 Å². The van der Waals surface area contributed by atoms with Gasteiger partial charge in [-0.25, -0.2) is 9.59 Å². The van der Waals surface area contributed by atoms with Gasteiger partial charge in [-0.3, -0.25) is 0 Å². The summed E-state index contributed by atoms with van der Waals surface area (Å²) < 4.78 is 9.29. The highest BCUT2D eigenvalue weighted by atomic mass is 16.5. The fraction of sp³-hybridized carbons (Fsp3) is 0.125. The van der Waals surface area contributed by atoms with E-state index in [4.69, 9.17) is 5.73 Å². The molecule has 2 aromatic carbocycles. The first-order chi connectivity index (χ1) is 10.1. The summed E-state index contributed by atoms with van der Waals surface area (Å²) in [6, 6.07) is 11.8. The third-order valence-corrected chi connectivity index (χ3v) is 3.09.